The molecule has 1 aromatic rings. The predicted molar refractivity (Wildman–Crippen MR) is 66.6 cm³/mol. The van der Waals surface area contributed by atoms with Crippen LogP contribution in [0.4, 0.5) is 0 Å². The number of hydrogen-bond acceptors (Lipinski definition) is 3. The van der Waals surface area contributed by atoms with Crippen molar-refractivity contribution in [3.63, 3.8) is 0 Å². The maximum Gasteiger partial charge on any atom is 0.341 e. The van der Waals surface area contributed by atoms with E-state index >= 15 is 0 Å². The van der Waals surface area contributed by atoms with Gasteiger partial charge in [-0.3, -0.25) is 4.79 Å². The molecule has 0 aliphatic carbocycles. The SMILES string of the molecule is CCC(=O)NCCc1ccc(OCC(=O)O)cc1. The first-order chi connectivity index (χ1) is 8.61. The molecule has 5 nitrogen and oxygen atoms in total. The van der Waals surface area contributed by atoms with Crippen LogP contribution < -0.4 is 10.1 Å². The second kappa shape index (κ2) is 7.32. The normalized spacial score (nSPS) is 9.83. The van der Waals surface area contributed by atoms with Gasteiger partial charge in [0.05, 0.1) is 0 Å². The van der Waals surface area contributed by atoms with Gasteiger partial charge in [0.15, 0.2) is 6.61 Å². The molecule has 0 heterocycles. The third-order valence-electron chi connectivity index (χ3n) is 2.34. The van der Waals surface area contributed by atoms with Crippen molar-refractivity contribution in [2.75, 3.05) is 13.2 Å². The Bertz CT molecular complexity index is 400. The van der Waals surface area contributed by atoms with E-state index in [1.165, 1.54) is 0 Å². The zero-order valence-corrected chi connectivity index (χ0v) is 10.3. The lowest BCUT2D eigenvalue weighted by atomic mass is 10.1. The summed E-state index contributed by atoms with van der Waals surface area (Å²) < 4.78 is 5.01. The molecule has 0 aliphatic rings. The van der Waals surface area contributed by atoms with Crippen molar-refractivity contribution in [1.29, 1.82) is 0 Å². The third kappa shape index (κ3) is 5.34. The first-order valence-corrected chi connectivity index (χ1v) is 5.82. The summed E-state index contributed by atoms with van der Waals surface area (Å²) in [6.45, 7) is 2.07. The lowest BCUT2D eigenvalue weighted by Gasteiger charge is -2.06. The lowest BCUT2D eigenvalue weighted by Crippen LogP contribution is -2.24. The molecular formula is C13H17NO4. The molecule has 2 N–H and O–H groups in total. The van der Waals surface area contributed by atoms with E-state index in [0.717, 1.165) is 12.0 Å². The van der Waals surface area contributed by atoms with Crippen LogP contribution in [0.1, 0.15) is 18.9 Å². The molecule has 0 spiro atoms. The van der Waals surface area contributed by atoms with E-state index in [-0.39, 0.29) is 12.5 Å². The molecule has 5 heteroatoms. The largest absolute Gasteiger partial charge is 0.482 e. The van der Waals surface area contributed by atoms with E-state index in [2.05, 4.69) is 5.32 Å². The third-order valence-corrected chi connectivity index (χ3v) is 2.34. The number of benzene rings is 1. The average Bonchev–Trinajstić information content (AvgIpc) is 2.37. The summed E-state index contributed by atoms with van der Waals surface area (Å²) >= 11 is 0. The molecule has 1 amide bonds. The van der Waals surface area contributed by atoms with Crippen LogP contribution in [-0.4, -0.2) is 30.1 Å². The number of rotatable bonds is 7. The van der Waals surface area contributed by atoms with Crippen LogP contribution in [-0.2, 0) is 16.0 Å². The van der Waals surface area contributed by atoms with E-state index in [4.69, 9.17) is 9.84 Å². The van der Waals surface area contributed by atoms with Crippen LogP contribution in [0.15, 0.2) is 24.3 Å². The van der Waals surface area contributed by atoms with E-state index < -0.39 is 5.97 Å². The molecule has 0 unspecified atom stereocenters. The van der Waals surface area contributed by atoms with Gasteiger partial charge in [0.1, 0.15) is 5.75 Å². The summed E-state index contributed by atoms with van der Waals surface area (Å²) in [6.07, 6.45) is 1.23. The van der Waals surface area contributed by atoms with E-state index in [1.807, 2.05) is 19.1 Å². The van der Waals surface area contributed by atoms with Crippen LogP contribution in [0, 0.1) is 0 Å². The first kappa shape index (κ1) is 14.0. The highest BCUT2D eigenvalue weighted by molar-refractivity contribution is 5.75. The van der Waals surface area contributed by atoms with E-state index in [9.17, 15) is 9.59 Å². The summed E-state index contributed by atoms with van der Waals surface area (Å²) in [5, 5.41) is 11.2. The maximum absolute atomic E-state index is 11.0. The molecule has 0 aliphatic heterocycles. The van der Waals surface area contributed by atoms with Gasteiger partial charge in [-0.05, 0) is 24.1 Å². The van der Waals surface area contributed by atoms with Gasteiger partial charge in [0.2, 0.25) is 5.91 Å². The molecule has 0 aromatic heterocycles. The predicted octanol–water partition coefficient (Wildman–Crippen LogP) is 1.22. The molecule has 18 heavy (non-hydrogen) atoms. The van der Waals surface area contributed by atoms with Crippen molar-refractivity contribution >= 4 is 11.9 Å². The minimum Gasteiger partial charge on any atom is -0.482 e. The quantitative estimate of drug-likeness (QED) is 0.764. The number of carboxylic acids is 1. The van der Waals surface area contributed by atoms with Gasteiger partial charge in [-0.25, -0.2) is 4.79 Å². The summed E-state index contributed by atoms with van der Waals surface area (Å²) in [6, 6.07) is 7.16. The number of hydrogen-bond donors (Lipinski definition) is 2. The number of ether oxygens (including phenoxy) is 1. The maximum atomic E-state index is 11.0. The summed E-state index contributed by atoms with van der Waals surface area (Å²) in [7, 11) is 0. The monoisotopic (exact) mass is 251 g/mol. The first-order valence-electron chi connectivity index (χ1n) is 5.82. The van der Waals surface area contributed by atoms with Crippen LogP contribution in [0.3, 0.4) is 0 Å². The van der Waals surface area contributed by atoms with Gasteiger partial charge in [-0.1, -0.05) is 19.1 Å². The zero-order valence-electron chi connectivity index (χ0n) is 10.3. The number of amides is 1. The summed E-state index contributed by atoms with van der Waals surface area (Å²) in [4.78, 5) is 21.3. The molecule has 1 aromatic carbocycles. The zero-order chi connectivity index (χ0) is 13.4. The van der Waals surface area contributed by atoms with Crippen molar-refractivity contribution in [3.8, 4) is 5.75 Å². The molecule has 98 valence electrons. The number of carbonyl (C=O) groups is 2. The Balaban J connectivity index is 2.35. The molecular weight excluding hydrogens is 234 g/mol. The molecule has 1 rings (SSSR count). The number of carboxylic acid groups (broad SMARTS) is 1. The Hall–Kier alpha value is -2.04. The van der Waals surface area contributed by atoms with Crippen LogP contribution in [0.25, 0.3) is 0 Å². The van der Waals surface area contributed by atoms with Gasteiger partial charge in [-0.2, -0.15) is 0 Å². The Morgan fingerprint density at radius 2 is 1.94 bits per heavy atom. The molecule has 0 radical (unpaired) electrons. The van der Waals surface area contributed by atoms with Gasteiger partial charge < -0.3 is 15.2 Å². The number of nitrogens with one attached hydrogen (secondary N) is 1. The minimum atomic E-state index is -0.999. The second-order valence-electron chi connectivity index (χ2n) is 3.78. The smallest absolute Gasteiger partial charge is 0.341 e. The highest BCUT2D eigenvalue weighted by Crippen LogP contribution is 2.12. The van der Waals surface area contributed by atoms with Crippen molar-refractivity contribution in [2.24, 2.45) is 0 Å². The Morgan fingerprint density at radius 3 is 2.50 bits per heavy atom. The fourth-order valence-corrected chi connectivity index (χ4v) is 1.37. The van der Waals surface area contributed by atoms with Gasteiger partial charge in [0, 0.05) is 13.0 Å². The Kier molecular flexibility index (Phi) is 5.70. The molecule has 0 saturated heterocycles. The average molecular weight is 251 g/mol. The highest BCUT2D eigenvalue weighted by Gasteiger charge is 2.00. The summed E-state index contributed by atoms with van der Waals surface area (Å²) in [5.74, 6) is -0.434. The van der Waals surface area contributed by atoms with Crippen molar-refractivity contribution in [2.45, 2.75) is 19.8 Å². The van der Waals surface area contributed by atoms with E-state index in [0.29, 0.717) is 18.7 Å². The lowest BCUT2D eigenvalue weighted by molar-refractivity contribution is -0.139. The van der Waals surface area contributed by atoms with Gasteiger partial charge >= 0.3 is 5.97 Å². The molecule has 0 bridgehead atoms. The Morgan fingerprint density at radius 1 is 1.28 bits per heavy atom. The number of carbonyl (C=O) groups excluding carboxylic acids is 1. The van der Waals surface area contributed by atoms with Crippen molar-refractivity contribution in [3.05, 3.63) is 29.8 Å². The highest BCUT2D eigenvalue weighted by atomic mass is 16.5. The van der Waals surface area contributed by atoms with Crippen LogP contribution in [0.2, 0.25) is 0 Å². The van der Waals surface area contributed by atoms with Crippen molar-refractivity contribution in [1.82, 2.24) is 5.32 Å². The topological polar surface area (TPSA) is 75.6 Å². The molecule has 0 saturated carbocycles. The summed E-state index contributed by atoms with van der Waals surface area (Å²) in [5.41, 5.74) is 1.06. The van der Waals surface area contributed by atoms with Crippen LogP contribution in [0.5, 0.6) is 5.75 Å². The number of aliphatic carboxylic acids is 1. The van der Waals surface area contributed by atoms with Crippen molar-refractivity contribution < 1.29 is 19.4 Å². The molecule has 0 atom stereocenters. The van der Waals surface area contributed by atoms with E-state index in [1.54, 1.807) is 12.1 Å². The second-order valence-corrected chi connectivity index (χ2v) is 3.78. The fourth-order valence-electron chi connectivity index (χ4n) is 1.37. The fraction of sp³-hybridized carbons (Fsp3) is 0.385. The van der Waals surface area contributed by atoms with Crippen LogP contribution >= 0.6 is 0 Å². The molecule has 0 fully saturated rings. The standard InChI is InChI=1S/C13H17NO4/c1-2-12(15)14-8-7-10-3-5-11(6-4-10)18-9-13(16)17/h3-6H,2,7-9H2,1H3,(H,14,15)(H,16,17). The Labute approximate surface area is 106 Å². The van der Waals surface area contributed by atoms with Gasteiger partial charge in [-0.15, -0.1) is 0 Å². The minimum absolute atomic E-state index is 0.0383. The van der Waals surface area contributed by atoms with Gasteiger partial charge in [0.25, 0.3) is 0 Å².